The zero-order chi connectivity index (χ0) is 13.6. The maximum absolute atomic E-state index is 11.4. The summed E-state index contributed by atoms with van der Waals surface area (Å²) in [5, 5.41) is 6.86. The molecule has 4 nitrogen and oxygen atoms in total. The highest BCUT2D eigenvalue weighted by molar-refractivity contribution is 7.07. The van der Waals surface area contributed by atoms with Crippen LogP contribution in [-0.2, 0) is 11.2 Å². The van der Waals surface area contributed by atoms with Gasteiger partial charge in [0.15, 0.2) is 0 Å². The van der Waals surface area contributed by atoms with Gasteiger partial charge in [0, 0.05) is 12.6 Å². The lowest BCUT2D eigenvalue weighted by molar-refractivity contribution is 0.0524. The molecule has 1 aromatic rings. The molecule has 3 N–H and O–H groups in total. The summed E-state index contributed by atoms with van der Waals surface area (Å²) in [5.41, 5.74) is 6.77. The molecule has 5 heteroatoms. The van der Waals surface area contributed by atoms with Crippen LogP contribution in [0.4, 0.5) is 4.79 Å². The number of hydrogen-bond donors (Lipinski definition) is 2. The van der Waals surface area contributed by atoms with Crippen LogP contribution in [0.3, 0.4) is 0 Å². The highest BCUT2D eigenvalue weighted by Crippen LogP contribution is 2.09. The molecule has 1 amide bonds. The van der Waals surface area contributed by atoms with Crippen molar-refractivity contribution < 1.29 is 9.53 Å². The second kappa shape index (κ2) is 6.75. The van der Waals surface area contributed by atoms with Crippen LogP contribution >= 0.6 is 11.3 Å². The number of ether oxygens (including phenoxy) is 1. The SMILES string of the molecule is CC(C)(C)OC(=O)NCC(N)CCc1ccsc1. The van der Waals surface area contributed by atoms with Crippen LogP contribution in [0.2, 0.25) is 0 Å². The van der Waals surface area contributed by atoms with Gasteiger partial charge in [-0.2, -0.15) is 11.3 Å². The van der Waals surface area contributed by atoms with Crippen molar-refractivity contribution in [2.45, 2.75) is 45.3 Å². The second-order valence-electron chi connectivity index (χ2n) is 5.31. The van der Waals surface area contributed by atoms with Crippen LogP contribution < -0.4 is 11.1 Å². The third-order valence-electron chi connectivity index (χ3n) is 2.29. The molecule has 1 unspecified atom stereocenters. The summed E-state index contributed by atoms with van der Waals surface area (Å²) >= 11 is 1.69. The lowest BCUT2D eigenvalue weighted by Gasteiger charge is -2.20. The minimum absolute atomic E-state index is 0.0441. The van der Waals surface area contributed by atoms with E-state index < -0.39 is 11.7 Å². The molecule has 1 atom stereocenters. The largest absolute Gasteiger partial charge is 0.444 e. The predicted molar refractivity (Wildman–Crippen MR) is 74.9 cm³/mol. The third-order valence-corrected chi connectivity index (χ3v) is 3.02. The molecule has 0 spiro atoms. The fourth-order valence-corrected chi connectivity index (χ4v) is 2.12. The van der Waals surface area contributed by atoms with Gasteiger partial charge >= 0.3 is 6.09 Å². The molecular formula is C13H22N2O2S. The summed E-state index contributed by atoms with van der Waals surface area (Å²) in [6.45, 7) is 5.95. The molecule has 1 aromatic heterocycles. The Kier molecular flexibility index (Phi) is 5.62. The molecule has 1 heterocycles. The van der Waals surface area contributed by atoms with Crippen molar-refractivity contribution in [1.82, 2.24) is 5.32 Å². The average molecular weight is 270 g/mol. The van der Waals surface area contributed by atoms with Crippen molar-refractivity contribution in [1.29, 1.82) is 0 Å². The van der Waals surface area contributed by atoms with Gasteiger partial charge < -0.3 is 15.8 Å². The molecule has 0 saturated carbocycles. The number of rotatable bonds is 5. The molecule has 0 bridgehead atoms. The molecule has 0 saturated heterocycles. The number of nitrogens with one attached hydrogen (secondary N) is 1. The molecular weight excluding hydrogens is 248 g/mol. The van der Waals surface area contributed by atoms with Crippen LogP contribution in [0.25, 0.3) is 0 Å². The quantitative estimate of drug-likeness (QED) is 0.864. The first kappa shape index (κ1) is 15.0. The van der Waals surface area contributed by atoms with Crippen LogP contribution in [0.1, 0.15) is 32.8 Å². The van der Waals surface area contributed by atoms with Gasteiger partial charge in [-0.05, 0) is 56.0 Å². The van der Waals surface area contributed by atoms with Gasteiger partial charge in [-0.1, -0.05) is 0 Å². The minimum atomic E-state index is -0.467. The predicted octanol–water partition coefficient (Wildman–Crippen LogP) is 2.53. The maximum Gasteiger partial charge on any atom is 0.407 e. The monoisotopic (exact) mass is 270 g/mol. The zero-order valence-electron chi connectivity index (χ0n) is 11.2. The van der Waals surface area contributed by atoms with Crippen molar-refractivity contribution >= 4 is 17.4 Å². The maximum atomic E-state index is 11.4. The number of nitrogens with two attached hydrogens (primary N) is 1. The Bertz CT molecular complexity index is 358. The van der Waals surface area contributed by atoms with Crippen LogP contribution in [0, 0.1) is 0 Å². The topological polar surface area (TPSA) is 64.3 Å². The molecule has 1 rings (SSSR count). The summed E-state index contributed by atoms with van der Waals surface area (Å²) in [6.07, 6.45) is 1.39. The Morgan fingerprint density at radius 1 is 1.56 bits per heavy atom. The van der Waals surface area contributed by atoms with Gasteiger partial charge in [0.1, 0.15) is 5.60 Å². The molecule has 0 radical (unpaired) electrons. The van der Waals surface area contributed by atoms with Crippen molar-refractivity contribution in [2.75, 3.05) is 6.54 Å². The average Bonchev–Trinajstić information content (AvgIpc) is 2.74. The number of aryl methyl sites for hydroxylation is 1. The lowest BCUT2D eigenvalue weighted by Crippen LogP contribution is -2.40. The van der Waals surface area contributed by atoms with Gasteiger partial charge in [-0.3, -0.25) is 0 Å². The Balaban J connectivity index is 2.17. The van der Waals surface area contributed by atoms with E-state index in [0.29, 0.717) is 6.54 Å². The van der Waals surface area contributed by atoms with E-state index in [1.54, 1.807) is 11.3 Å². The number of carbonyl (C=O) groups excluding carboxylic acids is 1. The van der Waals surface area contributed by atoms with E-state index in [9.17, 15) is 4.79 Å². The lowest BCUT2D eigenvalue weighted by atomic mass is 10.1. The fourth-order valence-electron chi connectivity index (χ4n) is 1.42. The van der Waals surface area contributed by atoms with E-state index in [1.807, 2.05) is 20.8 Å². The minimum Gasteiger partial charge on any atom is -0.444 e. The standard InChI is InChI=1S/C13H22N2O2S/c1-13(2,3)17-12(16)15-8-11(14)5-4-10-6-7-18-9-10/h6-7,9,11H,4-5,8,14H2,1-3H3,(H,15,16). The van der Waals surface area contributed by atoms with Gasteiger partial charge in [0.25, 0.3) is 0 Å². The number of alkyl carbamates (subject to hydrolysis) is 1. The Morgan fingerprint density at radius 3 is 2.83 bits per heavy atom. The first-order valence-electron chi connectivity index (χ1n) is 6.10. The van der Waals surface area contributed by atoms with E-state index in [0.717, 1.165) is 12.8 Å². The molecule has 0 aliphatic rings. The van der Waals surface area contributed by atoms with E-state index in [1.165, 1.54) is 5.56 Å². The van der Waals surface area contributed by atoms with Crippen molar-refractivity contribution in [3.05, 3.63) is 22.4 Å². The summed E-state index contributed by atoms with van der Waals surface area (Å²) in [5.74, 6) is 0. The van der Waals surface area contributed by atoms with E-state index in [-0.39, 0.29) is 6.04 Å². The Labute approximate surface area is 113 Å². The molecule has 102 valence electrons. The molecule has 18 heavy (non-hydrogen) atoms. The summed E-state index contributed by atoms with van der Waals surface area (Å²) < 4.78 is 5.13. The molecule has 0 fully saturated rings. The third kappa shape index (κ3) is 6.61. The van der Waals surface area contributed by atoms with Crippen molar-refractivity contribution in [2.24, 2.45) is 5.73 Å². The van der Waals surface area contributed by atoms with E-state index >= 15 is 0 Å². The van der Waals surface area contributed by atoms with Crippen molar-refractivity contribution in [3.8, 4) is 0 Å². The summed E-state index contributed by atoms with van der Waals surface area (Å²) in [6, 6.07) is 2.05. The van der Waals surface area contributed by atoms with Gasteiger partial charge in [0.2, 0.25) is 0 Å². The smallest absolute Gasteiger partial charge is 0.407 e. The molecule has 0 aliphatic carbocycles. The molecule has 0 aliphatic heterocycles. The number of amides is 1. The zero-order valence-corrected chi connectivity index (χ0v) is 12.0. The van der Waals surface area contributed by atoms with E-state index in [2.05, 4.69) is 22.1 Å². The Hall–Kier alpha value is -1.07. The van der Waals surface area contributed by atoms with Gasteiger partial charge in [-0.15, -0.1) is 0 Å². The van der Waals surface area contributed by atoms with Crippen LogP contribution in [0.5, 0.6) is 0 Å². The van der Waals surface area contributed by atoms with Gasteiger partial charge in [-0.25, -0.2) is 4.79 Å². The Morgan fingerprint density at radius 2 is 2.28 bits per heavy atom. The number of carbonyl (C=O) groups is 1. The summed E-state index contributed by atoms with van der Waals surface area (Å²) in [7, 11) is 0. The number of thiophene rings is 1. The van der Waals surface area contributed by atoms with Crippen LogP contribution in [-0.4, -0.2) is 24.3 Å². The second-order valence-corrected chi connectivity index (χ2v) is 6.09. The molecule has 0 aromatic carbocycles. The highest BCUT2D eigenvalue weighted by atomic mass is 32.1. The fraction of sp³-hybridized carbons (Fsp3) is 0.615. The highest BCUT2D eigenvalue weighted by Gasteiger charge is 2.16. The first-order chi connectivity index (χ1) is 8.37. The first-order valence-corrected chi connectivity index (χ1v) is 7.04. The summed E-state index contributed by atoms with van der Waals surface area (Å²) in [4.78, 5) is 11.4. The van der Waals surface area contributed by atoms with E-state index in [4.69, 9.17) is 10.5 Å². The number of hydrogen-bond acceptors (Lipinski definition) is 4. The normalized spacial score (nSPS) is 13.1. The van der Waals surface area contributed by atoms with Crippen molar-refractivity contribution in [3.63, 3.8) is 0 Å². The van der Waals surface area contributed by atoms with Crippen LogP contribution in [0.15, 0.2) is 16.8 Å². The van der Waals surface area contributed by atoms with Gasteiger partial charge in [0.05, 0.1) is 0 Å².